The van der Waals surface area contributed by atoms with Gasteiger partial charge in [0, 0.05) is 6.61 Å². The molecule has 0 radical (unpaired) electrons. The summed E-state index contributed by atoms with van der Waals surface area (Å²) in [6, 6.07) is 9.28. The Morgan fingerprint density at radius 3 is 2.65 bits per heavy atom. The van der Waals surface area contributed by atoms with E-state index >= 15 is 0 Å². The maximum atomic E-state index is 12.4. The number of nitrogens with one attached hydrogen (secondary N) is 1. The molecule has 1 aromatic rings. The SMILES string of the molecule is C[C@@]1(NS(=O)(=O)Cc2ccccc2)CCO[C@H]1C1CC1. The first kappa shape index (κ1) is 14.0. The van der Waals surface area contributed by atoms with Crippen molar-refractivity contribution < 1.29 is 13.2 Å². The summed E-state index contributed by atoms with van der Waals surface area (Å²) in [5.74, 6) is 0.558. The lowest BCUT2D eigenvalue weighted by Crippen LogP contribution is -2.52. The van der Waals surface area contributed by atoms with Crippen molar-refractivity contribution in [2.24, 2.45) is 5.92 Å². The predicted octanol–water partition coefficient (Wildman–Crippen LogP) is 2.06. The van der Waals surface area contributed by atoms with E-state index in [9.17, 15) is 8.42 Å². The fourth-order valence-corrected chi connectivity index (χ4v) is 4.71. The zero-order valence-corrected chi connectivity index (χ0v) is 12.5. The van der Waals surface area contributed by atoms with Crippen molar-refractivity contribution in [2.75, 3.05) is 6.61 Å². The molecule has 0 unspecified atom stereocenters. The number of hydrogen-bond donors (Lipinski definition) is 1. The number of sulfonamides is 1. The topological polar surface area (TPSA) is 55.4 Å². The quantitative estimate of drug-likeness (QED) is 0.904. The van der Waals surface area contributed by atoms with Crippen LogP contribution in [0.2, 0.25) is 0 Å². The first-order chi connectivity index (χ1) is 9.49. The van der Waals surface area contributed by atoms with E-state index in [0.717, 1.165) is 24.8 Å². The molecular weight excluding hydrogens is 274 g/mol. The third-order valence-corrected chi connectivity index (χ3v) is 5.68. The van der Waals surface area contributed by atoms with Crippen LogP contribution in [0, 0.1) is 5.92 Å². The summed E-state index contributed by atoms with van der Waals surface area (Å²) in [5.41, 5.74) is 0.361. The minimum absolute atomic E-state index is 0.0286. The first-order valence-corrected chi connectivity index (χ1v) is 8.81. The van der Waals surface area contributed by atoms with Crippen LogP contribution in [0.1, 0.15) is 31.7 Å². The van der Waals surface area contributed by atoms with Gasteiger partial charge in [-0.2, -0.15) is 0 Å². The second-order valence-electron chi connectivity index (χ2n) is 6.14. The lowest BCUT2D eigenvalue weighted by atomic mass is 9.92. The molecule has 4 nitrogen and oxygen atoms in total. The standard InChI is InChI=1S/C15H21NO3S/c1-15(9-10-19-14(15)13-7-8-13)16-20(17,18)11-12-5-3-2-4-6-12/h2-6,13-14,16H,7-11H2,1H3/t14-,15+/m0/s1. The van der Waals surface area contributed by atoms with Crippen LogP contribution in [0.25, 0.3) is 0 Å². The van der Waals surface area contributed by atoms with Gasteiger partial charge in [-0.05, 0) is 37.7 Å². The molecule has 0 bridgehead atoms. The Labute approximate surface area is 120 Å². The Bertz CT molecular complexity index is 568. The number of hydrogen-bond acceptors (Lipinski definition) is 3. The Balaban J connectivity index is 1.72. The lowest BCUT2D eigenvalue weighted by molar-refractivity contribution is 0.0629. The van der Waals surface area contributed by atoms with Gasteiger partial charge in [0.15, 0.2) is 0 Å². The van der Waals surface area contributed by atoms with E-state index in [1.807, 2.05) is 37.3 Å². The molecule has 110 valence electrons. The van der Waals surface area contributed by atoms with E-state index in [-0.39, 0.29) is 11.9 Å². The van der Waals surface area contributed by atoms with Gasteiger partial charge >= 0.3 is 0 Å². The monoisotopic (exact) mass is 295 g/mol. The fourth-order valence-electron chi connectivity index (χ4n) is 3.07. The molecule has 1 aliphatic heterocycles. The third kappa shape index (κ3) is 3.05. The average Bonchev–Trinajstić information content (AvgIpc) is 3.13. The molecule has 1 aliphatic carbocycles. The second kappa shape index (κ2) is 5.13. The first-order valence-electron chi connectivity index (χ1n) is 7.16. The molecule has 2 aliphatic rings. The molecule has 1 aromatic carbocycles. The van der Waals surface area contributed by atoms with Crippen molar-refractivity contribution in [2.45, 2.75) is 43.6 Å². The van der Waals surface area contributed by atoms with Crippen LogP contribution in [-0.4, -0.2) is 26.7 Å². The number of benzene rings is 1. The fraction of sp³-hybridized carbons (Fsp3) is 0.600. The largest absolute Gasteiger partial charge is 0.376 e. The highest BCUT2D eigenvalue weighted by molar-refractivity contribution is 7.88. The van der Waals surface area contributed by atoms with Crippen LogP contribution in [-0.2, 0) is 20.5 Å². The van der Waals surface area contributed by atoms with Crippen LogP contribution < -0.4 is 4.72 Å². The highest BCUT2D eigenvalue weighted by atomic mass is 32.2. The number of ether oxygens (including phenoxy) is 1. The van der Waals surface area contributed by atoms with Crippen LogP contribution in [0.4, 0.5) is 0 Å². The summed E-state index contributed by atoms with van der Waals surface area (Å²) >= 11 is 0. The third-order valence-electron chi connectivity index (χ3n) is 4.19. The molecule has 0 amide bonds. The molecule has 0 spiro atoms. The molecule has 2 fully saturated rings. The highest BCUT2D eigenvalue weighted by Gasteiger charge is 2.49. The Morgan fingerprint density at radius 1 is 1.30 bits per heavy atom. The van der Waals surface area contributed by atoms with Crippen molar-refractivity contribution in [3.05, 3.63) is 35.9 Å². The van der Waals surface area contributed by atoms with Crippen LogP contribution in [0.15, 0.2) is 30.3 Å². The number of rotatable bonds is 5. The van der Waals surface area contributed by atoms with Crippen LogP contribution in [0.5, 0.6) is 0 Å². The van der Waals surface area contributed by atoms with Gasteiger partial charge in [-0.25, -0.2) is 13.1 Å². The van der Waals surface area contributed by atoms with Gasteiger partial charge in [0.25, 0.3) is 0 Å². The smallest absolute Gasteiger partial charge is 0.216 e. The summed E-state index contributed by atoms with van der Waals surface area (Å²) in [7, 11) is -3.35. The zero-order chi connectivity index (χ0) is 14.2. The van der Waals surface area contributed by atoms with E-state index in [4.69, 9.17) is 4.74 Å². The predicted molar refractivity (Wildman–Crippen MR) is 77.7 cm³/mol. The van der Waals surface area contributed by atoms with E-state index in [0.29, 0.717) is 12.5 Å². The molecule has 3 rings (SSSR count). The maximum absolute atomic E-state index is 12.4. The molecule has 2 atom stereocenters. The molecule has 0 aromatic heterocycles. The van der Waals surface area contributed by atoms with Crippen LogP contribution >= 0.6 is 0 Å². The van der Waals surface area contributed by atoms with Gasteiger partial charge in [-0.15, -0.1) is 0 Å². The molecule has 1 N–H and O–H groups in total. The van der Waals surface area contributed by atoms with Crippen molar-refractivity contribution in [1.82, 2.24) is 4.72 Å². The summed E-state index contributed by atoms with van der Waals surface area (Å²) in [6.45, 7) is 2.62. The summed E-state index contributed by atoms with van der Waals surface area (Å²) in [6.07, 6.45) is 3.09. The van der Waals surface area contributed by atoms with Crippen LogP contribution in [0.3, 0.4) is 0 Å². The van der Waals surface area contributed by atoms with Gasteiger partial charge in [0.1, 0.15) is 0 Å². The van der Waals surface area contributed by atoms with Gasteiger partial charge in [-0.1, -0.05) is 30.3 Å². The zero-order valence-electron chi connectivity index (χ0n) is 11.7. The molecule has 20 heavy (non-hydrogen) atoms. The lowest BCUT2D eigenvalue weighted by Gasteiger charge is -2.31. The highest BCUT2D eigenvalue weighted by Crippen LogP contribution is 2.43. The average molecular weight is 295 g/mol. The molecule has 5 heteroatoms. The van der Waals surface area contributed by atoms with Crippen molar-refractivity contribution >= 4 is 10.0 Å². The molecule has 1 saturated carbocycles. The minimum Gasteiger partial charge on any atom is -0.376 e. The van der Waals surface area contributed by atoms with E-state index in [2.05, 4.69) is 4.72 Å². The van der Waals surface area contributed by atoms with Gasteiger partial charge < -0.3 is 4.74 Å². The van der Waals surface area contributed by atoms with Gasteiger partial charge in [0.2, 0.25) is 10.0 Å². The summed E-state index contributed by atoms with van der Waals surface area (Å²) < 4.78 is 33.4. The summed E-state index contributed by atoms with van der Waals surface area (Å²) in [5, 5.41) is 0. The van der Waals surface area contributed by atoms with Gasteiger partial charge in [-0.3, -0.25) is 0 Å². The molecule has 1 saturated heterocycles. The van der Waals surface area contributed by atoms with E-state index < -0.39 is 15.6 Å². The second-order valence-corrected chi connectivity index (χ2v) is 7.87. The molecule has 1 heterocycles. The Hall–Kier alpha value is -0.910. The van der Waals surface area contributed by atoms with Gasteiger partial charge in [0.05, 0.1) is 17.4 Å². The van der Waals surface area contributed by atoms with Crippen molar-refractivity contribution in [1.29, 1.82) is 0 Å². The van der Waals surface area contributed by atoms with Crippen molar-refractivity contribution in [3.8, 4) is 0 Å². The normalized spacial score (nSPS) is 30.6. The minimum atomic E-state index is -3.35. The van der Waals surface area contributed by atoms with Crippen molar-refractivity contribution in [3.63, 3.8) is 0 Å². The molecular formula is C15H21NO3S. The Morgan fingerprint density at radius 2 is 2.00 bits per heavy atom. The summed E-state index contributed by atoms with van der Waals surface area (Å²) in [4.78, 5) is 0. The van der Waals surface area contributed by atoms with E-state index in [1.165, 1.54) is 0 Å². The van der Waals surface area contributed by atoms with E-state index in [1.54, 1.807) is 0 Å². The Kier molecular flexibility index (Phi) is 3.60. The maximum Gasteiger partial charge on any atom is 0.216 e.